The molecule has 0 saturated carbocycles. The highest BCUT2D eigenvalue weighted by Gasteiger charge is 2.10. The fourth-order valence-corrected chi connectivity index (χ4v) is 2.27. The number of benzene rings is 2. The first-order chi connectivity index (χ1) is 12.0. The van der Waals surface area contributed by atoms with Gasteiger partial charge < -0.3 is 15.0 Å². The van der Waals surface area contributed by atoms with Crippen molar-refractivity contribution >= 4 is 35.2 Å². The molecule has 0 unspecified atom stereocenters. The minimum absolute atomic E-state index is 0.0508. The molecule has 0 fully saturated rings. The van der Waals surface area contributed by atoms with Crippen LogP contribution < -0.4 is 10.1 Å². The molecule has 0 radical (unpaired) electrons. The molecule has 25 heavy (non-hydrogen) atoms. The zero-order chi connectivity index (χ0) is 18.2. The van der Waals surface area contributed by atoms with Crippen molar-refractivity contribution in [3.63, 3.8) is 0 Å². The lowest BCUT2D eigenvalue weighted by atomic mass is 10.2. The summed E-state index contributed by atoms with van der Waals surface area (Å²) >= 11 is 5.90. The normalized spacial score (nSPS) is 10.5. The van der Waals surface area contributed by atoms with Crippen molar-refractivity contribution < 1.29 is 14.3 Å². The zero-order valence-electron chi connectivity index (χ0n) is 14.0. The molecule has 0 aliphatic heterocycles. The van der Waals surface area contributed by atoms with Gasteiger partial charge in [-0.2, -0.15) is 0 Å². The van der Waals surface area contributed by atoms with Crippen LogP contribution in [0.5, 0.6) is 5.75 Å². The third-order valence-electron chi connectivity index (χ3n) is 3.40. The van der Waals surface area contributed by atoms with Crippen molar-refractivity contribution in [2.24, 2.45) is 0 Å². The van der Waals surface area contributed by atoms with E-state index in [4.69, 9.17) is 16.3 Å². The van der Waals surface area contributed by atoms with E-state index in [9.17, 15) is 9.59 Å². The van der Waals surface area contributed by atoms with Crippen molar-refractivity contribution in [2.45, 2.75) is 0 Å². The third kappa shape index (κ3) is 5.97. The van der Waals surface area contributed by atoms with E-state index in [1.807, 2.05) is 6.07 Å². The molecule has 0 spiro atoms. The van der Waals surface area contributed by atoms with Gasteiger partial charge in [-0.25, -0.2) is 0 Å². The van der Waals surface area contributed by atoms with E-state index >= 15 is 0 Å². The Hall–Kier alpha value is -2.79. The molecule has 130 valence electrons. The Morgan fingerprint density at radius 2 is 1.92 bits per heavy atom. The smallest absolute Gasteiger partial charge is 0.246 e. The summed E-state index contributed by atoms with van der Waals surface area (Å²) in [7, 11) is 3.14. The maximum absolute atomic E-state index is 12.1. The van der Waals surface area contributed by atoms with E-state index in [2.05, 4.69) is 5.32 Å². The van der Waals surface area contributed by atoms with Crippen LogP contribution in [-0.4, -0.2) is 37.4 Å². The molecule has 6 heteroatoms. The molecule has 0 atom stereocenters. The van der Waals surface area contributed by atoms with Crippen molar-refractivity contribution in [1.82, 2.24) is 4.90 Å². The molecule has 2 aromatic carbocycles. The minimum atomic E-state index is -0.280. The molecule has 0 bridgehead atoms. The van der Waals surface area contributed by atoms with Crippen molar-refractivity contribution in [2.75, 3.05) is 26.0 Å². The number of amides is 2. The molecule has 0 saturated heterocycles. The van der Waals surface area contributed by atoms with Gasteiger partial charge in [0.05, 0.1) is 13.7 Å². The number of hydrogen-bond donors (Lipinski definition) is 1. The molecule has 2 amide bonds. The van der Waals surface area contributed by atoms with Crippen LogP contribution in [-0.2, 0) is 9.59 Å². The van der Waals surface area contributed by atoms with Gasteiger partial charge in [0.1, 0.15) is 5.75 Å². The molecule has 0 aliphatic rings. The van der Waals surface area contributed by atoms with E-state index in [-0.39, 0.29) is 18.4 Å². The van der Waals surface area contributed by atoms with Gasteiger partial charge in [-0.1, -0.05) is 23.7 Å². The molecule has 0 heterocycles. The number of carbonyl (C=O) groups excluding carboxylic acids is 2. The van der Waals surface area contributed by atoms with E-state index in [1.165, 1.54) is 11.0 Å². The Morgan fingerprint density at radius 3 is 2.56 bits per heavy atom. The fourth-order valence-electron chi connectivity index (χ4n) is 2.07. The molecule has 5 nitrogen and oxygen atoms in total. The number of ether oxygens (including phenoxy) is 1. The second-order valence-electron chi connectivity index (χ2n) is 5.36. The minimum Gasteiger partial charge on any atom is -0.497 e. The average molecular weight is 359 g/mol. The molecule has 0 aromatic heterocycles. The first-order valence-electron chi connectivity index (χ1n) is 7.60. The number of halogens is 1. The van der Waals surface area contributed by atoms with Gasteiger partial charge in [0.2, 0.25) is 11.8 Å². The van der Waals surface area contributed by atoms with Crippen molar-refractivity contribution in [3.8, 4) is 5.75 Å². The van der Waals surface area contributed by atoms with Crippen LogP contribution in [0.2, 0.25) is 5.02 Å². The molecule has 2 rings (SSSR count). The topological polar surface area (TPSA) is 58.6 Å². The number of methoxy groups -OCH3 is 1. The Kier molecular flexibility index (Phi) is 6.60. The highest BCUT2D eigenvalue weighted by Crippen LogP contribution is 2.15. The number of carbonyl (C=O) groups is 2. The lowest BCUT2D eigenvalue weighted by Crippen LogP contribution is -2.33. The standard InChI is InChI=1S/C19H19ClN2O3/c1-22(19(24)11-6-14-4-3-5-15(20)12-14)13-18(23)21-16-7-9-17(25-2)10-8-16/h3-12H,13H2,1-2H3,(H,21,23)/b11-6+. The van der Waals surface area contributed by atoms with E-state index in [1.54, 1.807) is 62.7 Å². The van der Waals surface area contributed by atoms with Crippen LogP contribution in [0.25, 0.3) is 6.08 Å². The summed E-state index contributed by atoms with van der Waals surface area (Å²) in [5.74, 6) is 0.151. The second kappa shape index (κ2) is 8.89. The van der Waals surface area contributed by atoms with Gasteiger partial charge in [-0.15, -0.1) is 0 Å². The largest absolute Gasteiger partial charge is 0.497 e. The summed E-state index contributed by atoms with van der Waals surface area (Å²) in [6.45, 7) is -0.0508. The number of likely N-dealkylation sites (N-methyl/N-ethyl adjacent to an activating group) is 1. The maximum Gasteiger partial charge on any atom is 0.246 e. The SMILES string of the molecule is COc1ccc(NC(=O)CN(C)C(=O)/C=C/c2cccc(Cl)c2)cc1. The molecule has 1 N–H and O–H groups in total. The number of anilines is 1. The Labute approximate surface area is 151 Å². The lowest BCUT2D eigenvalue weighted by molar-refractivity contribution is -0.129. The first kappa shape index (κ1) is 18.5. The molecular formula is C19H19ClN2O3. The Bertz CT molecular complexity index is 772. The van der Waals surface area contributed by atoms with Crippen LogP contribution in [0.4, 0.5) is 5.69 Å². The van der Waals surface area contributed by atoms with Crippen LogP contribution >= 0.6 is 11.6 Å². The summed E-state index contributed by atoms with van der Waals surface area (Å²) in [5.41, 5.74) is 1.46. The van der Waals surface area contributed by atoms with Gasteiger partial charge in [-0.05, 0) is 48.0 Å². The van der Waals surface area contributed by atoms with Crippen molar-refractivity contribution in [1.29, 1.82) is 0 Å². The predicted molar refractivity (Wildman–Crippen MR) is 99.7 cm³/mol. The second-order valence-corrected chi connectivity index (χ2v) is 5.80. The molecule has 0 aliphatic carbocycles. The lowest BCUT2D eigenvalue weighted by Gasteiger charge is -2.15. The summed E-state index contributed by atoms with van der Waals surface area (Å²) < 4.78 is 5.06. The Morgan fingerprint density at radius 1 is 1.20 bits per heavy atom. The van der Waals surface area contributed by atoms with Crippen LogP contribution in [0.3, 0.4) is 0 Å². The quantitative estimate of drug-likeness (QED) is 0.804. The van der Waals surface area contributed by atoms with Gasteiger partial charge in [0.15, 0.2) is 0 Å². The highest BCUT2D eigenvalue weighted by atomic mass is 35.5. The van der Waals surface area contributed by atoms with Gasteiger partial charge in [0, 0.05) is 23.8 Å². The fraction of sp³-hybridized carbons (Fsp3) is 0.158. The van der Waals surface area contributed by atoms with E-state index in [0.717, 1.165) is 5.56 Å². The van der Waals surface area contributed by atoms with Gasteiger partial charge >= 0.3 is 0 Å². The summed E-state index contributed by atoms with van der Waals surface area (Å²) in [4.78, 5) is 25.4. The maximum atomic E-state index is 12.1. The predicted octanol–water partition coefficient (Wildman–Crippen LogP) is 3.46. The summed E-state index contributed by atoms with van der Waals surface area (Å²) in [6, 6.07) is 14.1. The Balaban J connectivity index is 1.87. The summed E-state index contributed by atoms with van der Waals surface area (Å²) in [5, 5.41) is 3.33. The average Bonchev–Trinajstić information content (AvgIpc) is 2.60. The zero-order valence-corrected chi connectivity index (χ0v) is 14.8. The number of rotatable bonds is 6. The van der Waals surface area contributed by atoms with Crippen molar-refractivity contribution in [3.05, 3.63) is 65.2 Å². The van der Waals surface area contributed by atoms with Gasteiger partial charge in [0.25, 0.3) is 0 Å². The summed E-state index contributed by atoms with van der Waals surface area (Å²) in [6.07, 6.45) is 3.07. The van der Waals surface area contributed by atoms with E-state index in [0.29, 0.717) is 16.5 Å². The first-order valence-corrected chi connectivity index (χ1v) is 7.98. The third-order valence-corrected chi connectivity index (χ3v) is 3.63. The van der Waals surface area contributed by atoms with Gasteiger partial charge in [-0.3, -0.25) is 9.59 Å². The highest BCUT2D eigenvalue weighted by molar-refractivity contribution is 6.30. The monoisotopic (exact) mass is 358 g/mol. The number of nitrogens with one attached hydrogen (secondary N) is 1. The number of nitrogens with zero attached hydrogens (tertiary/aromatic N) is 1. The molecular weight excluding hydrogens is 340 g/mol. The van der Waals surface area contributed by atoms with Crippen LogP contribution in [0.1, 0.15) is 5.56 Å². The van der Waals surface area contributed by atoms with Crippen LogP contribution in [0.15, 0.2) is 54.6 Å². The molecule has 2 aromatic rings. The van der Waals surface area contributed by atoms with Crippen LogP contribution in [0, 0.1) is 0 Å². The van der Waals surface area contributed by atoms with E-state index < -0.39 is 0 Å². The number of hydrogen-bond acceptors (Lipinski definition) is 3.